The molecule has 0 unspecified atom stereocenters. The molecule has 2 aliphatic rings. The molecular weight excluding hydrogens is 330 g/mol. The van der Waals surface area contributed by atoms with E-state index in [1.807, 2.05) is 13.0 Å². The van der Waals surface area contributed by atoms with Crippen molar-refractivity contribution in [2.45, 2.75) is 38.7 Å². The summed E-state index contributed by atoms with van der Waals surface area (Å²) in [4.78, 5) is 13.7. The van der Waals surface area contributed by atoms with E-state index in [1.165, 1.54) is 19.3 Å². The highest BCUT2D eigenvalue weighted by Crippen LogP contribution is 2.29. The van der Waals surface area contributed by atoms with E-state index >= 15 is 0 Å². The molecule has 7 nitrogen and oxygen atoms in total. The van der Waals surface area contributed by atoms with Crippen LogP contribution in [-0.4, -0.2) is 54.5 Å². The van der Waals surface area contributed by atoms with E-state index in [4.69, 9.17) is 9.26 Å². The summed E-state index contributed by atoms with van der Waals surface area (Å²) in [5.41, 5.74) is 0.922. The van der Waals surface area contributed by atoms with E-state index in [9.17, 15) is 0 Å². The van der Waals surface area contributed by atoms with E-state index in [-0.39, 0.29) is 6.10 Å². The Bertz CT molecular complexity index is 728. The van der Waals surface area contributed by atoms with Crippen LogP contribution in [0.2, 0.25) is 0 Å². The van der Waals surface area contributed by atoms with Crippen molar-refractivity contribution in [3.63, 3.8) is 0 Å². The molecule has 0 saturated carbocycles. The van der Waals surface area contributed by atoms with Crippen LogP contribution in [0.1, 0.15) is 30.7 Å². The summed E-state index contributed by atoms with van der Waals surface area (Å²) in [5.74, 6) is 3.31. The number of hydrogen-bond donors (Lipinski definition) is 0. The zero-order chi connectivity index (χ0) is 17.9. The lowest BCUT2D eigenvalue weighted by molar-refractivity contribution is 0.0813. The number of aromatic nitrogens is 3. The van der Waals surface area contributed by atoms with Crippen molar-refractivity contribution >= 4 is 11.6 Å². The molecule has 26 heavy (non-hydrogen) atoms. The number of methoxy groups -OCH3 is 1. The fraction of sp³-hybridized carbons (Fsp3) is 0.632. The van der Waals surface area contributed by atoms with Gasteiger partial charge in [-0.05, 0) is 26.2 Å². The van der Waals surface area contributed by atoms with Crippen molar-refractivity contribution < 1.29 is 9.26 Å². The van der Waals surface area contributed by atoms with Crippen LogP contribution in [0.4, 0.5) is 11.6 Å². The Labute approximate surface area is 154 Å². The van der Waals surface area contributed by atoms with Gasteiger partial charge in [0.2, 0.25) is 0 Å². The third-order valence-corrected chi connectivity index (χ3v) is 5.47. The lowest BCUT2D eigenvalue weighted by Gasteiger charge is -2.28. The van der Waals surface area contributed by atoms with Gasteiger partial charge in [0.05, 0.1) is 11.8 Å². The van der Waals surface area contributed by atoms with Gasteiger partial charge in [-0.2, -0.15) is 0 Å². The second-order valence-corrected chi connectivity index (χ2v) is 7.36. The van der Waals surface area contributed by atoms with E-state index in [2.05, 4.69) is 31.0 Å². The van der Waals surface area contributed by atoms with Crippen molar-refractivity contribution in [1.82, 2.24) is 15.1 Å². The smallest absolute Gasteiger partial charge is 0.137 e. The molecule has 0 radical (unpaired) electrons. The molecular formula is C19H27N5O2. The molecule has 0 spiro atoms. The molecule has 4 heterocycles. The van der Waals surface area contributed by atoms with Gasteiger partial charge in [-0.15, -0.1) is 0 Å². The van der Waals surface area contributed by atoms with Gasteiger partial charge < -0.3 is 19.1 Å². The van der Waals surface area contributed by atoms with Crippen LogP contribution >= 0.6 is 0 Å². The summed E-state index contributed by atoms with van der Waals surface area (Å²) < 4.78 is 11.1. The third-order valence-electron chi connectivity index (χ3n) is 5.47. The molecule has 0 N–H and O–H groups in total. The summed E-state index contributed by atoms with van der Waals surface area (Å²) >= 11 is 0. The van der Waals surface area contributed by atoms with Crippen molar-refractivity contribution in [2.24, 2.45) is 5.92 Å². The monoisotopic (exact) mass is 357 g/mol. The van der Waals surface area contributed by atoms with Gasteiger partial charge in [-0.25, -0.2) is 9.97 Å². The van der Waals surface area contributed by atoms with E-state index in [1.54, 1.807) is 13.4 Å². The number of nitrogens with zero attached hydrogens (tertiary/aromatic N) is 5. The van der Waals surface area contributed by atoms with E-state index in [0.29, 0.717) is 5.92 Å². The fourth-order valence-corrected chi connectivity index (χ4v) is 4.07. The predicted molar refractivity (Wildman–Crippen MR) is 99.5 cm³/mol. The maximum absolute atomic E-state index is 5.74. The second-order valence-electron chi connectivity index (χ2n) is 7.36. The summed E-state index contributed by atoms with van der Waals surface area (Å²) in [6.07, 6.45) is 6.49. The average Bonchev–Trinajstić information content (AvgIpc) is 3.29. The maximum atomic E-state index is 5.74. The molecule has 4 rings (SSSR count). The first-order chi connectivity index (χ1) is 12.7. The Hall–Kier alpha value is -2.15. The summed E-state index contributed by atoms with van der Waals surface area (Å²) in [7, 11) is 1.78. The molecule has 0 aliphatic carbocycles. The molecule has 2 aromatic heterocycles. The van der Waals surface area contributed by atoms with Crippen LogP contribution in [0.3, 0.4) is 0 Å². The highest BCUT2D eigenvalue weighted by atomic mass is 16.5. The van der Waals surface area contributed by atoms with Crippen molar-refractivity contribution in [1.29, 1.82) is 0 Å². The zero-order valence-corrected chi connectivity index (χ0v) is 15.6. The SMILES string of the molecule is CO[C@H]1CN(c2cc(N3CCCCC3)ncn2)C[C@H]1Cc1cc(C)no1. The first-order valence-electron chi connectivity index (χ1n) is 9.50. The van der Waals surface area contributed by atoms with Gasteiger partial charge in [0.25, 0.3) is 0 Å². The molecule has 140 valence electrons. The van der Waals surface area contributed by atoms with Gasteiger partial charge in [0.15, 0.2) is 0 Å². The summed E-state index contributed by atoms with van der Waals surface area (Å²) in [6, 6.07) is 4.13. The minimum Gasteiger partial charge on any atom is -0.379 e. The van der Waals surface area contributed by atoms with E-state index in [0.717, 1.165) is 55.7 Å². The first-order valence-corrected chi connectivity index (χ1v) is 9.50. The molecule has 2 saturated heterocycles. The van der Waals surface area contributed by atoms with Gasteiger partial charge >= 0.3 is 0 Å². The van der Waals surface area contributed by atoms with Crippen LogP contribution in [0.15, 0.2) is 23.0 Å². The fourth-order valence-electron chi connectivity index (χ4n) is 4.07. The average molecular weight is 357 g/mol. The lowest BCUT2D eigenvalue weighted by Crippen LogP contribution is -2.30. The molecule has 7 heteroatoms. The molecule has 2 aromatic rings. The van der Waals surface area contributed by atoms with Crippen LogP contribution in [0, 0.1) is 12.8 Å². The van der Waals surface area contributed by atoms with Crippen LogP contribution < -0.4 is 9.80 Å². The molecule has 2 aliphatic heterocycles. The molecule has 0 bridgehead atoms. The number of aryl methyl sites for hydroxylation is 1. The Morgan fingerprint density at radius 1 is 1.08 bits per heavy atom. The second kappa shape index (κ2) is 7.61. The topological polar surface area (TPSA) is 67.5 Å². The molecule has 0 amide bonds. The highest BCUT2D eigenvalue weighted by molar-refractivity contribution is 5.51. The lowest BCUT2D eigenvalue weighted by atomic mass is 10.0. The first kappa shape index (κ1) is 17.3. The number of hydrogen-bond acceptors (Lipinski definition) is 7. The van der Waals surface area contributed by atoms with Crippen LogP contribution in [0.5, 0.6) is 0 Å². The number of anilines is 2. The largest absolute Gasteiger partial charge is 0.379 e. The highest BCUT2D eigenvalue weighted by Gasteiger charge is 2.34. The third kappa shape index (κ3) is 3.67. The minimum atomic E-state index is 0.161. The zero-order valence-electron chi connectivity index (χ0n) is 15.6. The van der Waals surface area contributed by atoms with Crippen LogP contribution in [-0.2, 0) is 11.2 Å². The normalized spacial score (nSPS) is 23.6. The Morgan fingerprint density at radius 3 is 2.54 bits per heavy atom. The molecule has 2 atom stereocenters. The van der Waals surface area contributed by atoms with Gasteiger partial charge in [0, 0.05) is 57.8 Å². The van der Waals surface area contributed by atoms with Gasteiger partial charge in [-0.3, -0.25) is 0 Å². The Morgan fingerprint density at radius 2 is 1.85 bits per heavy atom. The predicted octanol–water partition coefficient (Wildman–Crippen LogP) is 2.46. The number of piperidine rings is 1. The number of ether oxygens (including phenoxy) is 1. The molecule has 0 aromatic carbocycles. The molecule has 2 fully saturated rings. The Kier molecular flexibility index (Phi) is 5.06. The van der Waals surface area contributed by atoms with Gasteiger partial charge in [0.1, 0.15) is 23.7 Å². The Balaban J connectivity index is 1.47. The summed E-state index contributed by atoms with van der Waals surface area (Å²) in [5, 5.41) is 3.99. The minimum absolute atomic E-state index is 0.161. The van der Waals surface area contributed by atoms with Crippen LogP contribution in [0.25, 0.3) is 0 Å². The quantitative estimate of drug-likeness (QED) is 0.814. The number of rotatable bonds is 5. The van der Waals surface area contributed by atoms with E-state index < -0.39 is 0 Å². The van der Waals surface area contributed by atoms with Crippen molar-refractivity contribution in [3.05, 3.63) is 29.9 Å². The van der Waals surface area contributed by atoms with Crippen molar-refractivity contribution in [3.8, 4) is 0 Å². The van der Waals surface area contributed by atoms with Gasteiger partial charge in [-0.1, -0.05) is 5.16 Å². The van der Waals surface area contributed by atoms with Crippen molar-refractivity contribution in [2.75, 3.05) is 43.1 Å². The summed E-state index contributed by atoms with van der Waals surface area (Å²) in [6.45, 7) is 5.86. The standard InChI is InChI=1S/C19H27N5O2/c1-14-8-16(26-22-14)9-15-11-24(12-17(15)25-2)19-10-18(20-13-21-19)23-6-4-3-5-7-23/h8,10,13,15,17H,3-7,9,11-12H2,1-2H3/t15-,17+/m1/s1. The maximum Gasteiger partial charge on any atom is 0.137 e.